The lowest BCUT2D eigenvalue weighted by Gasteiger charge is -1.97. The summed E-state index contributed by atoms with van der Waals surface area (Å²) in [4.78, 5) is 4.31. The molecule has 0 bridgehead atoms. The normalized spacial score (nSPS) is 32.0. The van der Waals surface area contributed by atoms with Crippen LogP contribution >= 0.6 is 0 Å². The molecule has 1 aromatic rings. The number of nitrogens with zero attached hydrogens (tertiary/aromatic N) is 2. The zero-order valence-electron chi connectivity index (χ0n) is 7.78. The van der Waals surface area contributed by atoms with E-state index in [2.05, 4.69) is 25.0 Å². The Hall–Kier alpha value is -0.830. The van der Waals surface area contributed by atoms with Gasteiger partial charge in [0, 0.05) is 25.2 Å². The molecular formula is C9H15N3. The topological polar surface area (TPSA) is 43.8 Å². The molecule has 3 nitrogen and oxygen atoms in total. The maximum atomic E-state index is 5.94. The molecule has 1 fully saturated rings. The summed E-state index contributed by atoms with van der Waals surface area (Å²) in [5.74, 6) is 0.457. The largest absolute Gasteiger partial charge is 0.340 e. The second-order valence-electron chi connectivity index (χ2n) is 4.29. The molecule has 1 aromatic heterocycles. The van der Waals surface area contributed by atoms with Gasteiger partial charge >= 0.3 is 0 Å². The summed E-state index contributed by atoms with van der Waals surface area (Å²) in [6.07, 6.45) is 3.88. The first kappa shape index (κ1) is 7.80. The van der Waals surface area contributed by atoms with Gasteiger partial charge in [-0.2, -0.15) is 0 Å². The third kappa shape index (κ3) is 0.894. The number of hydrogen-bond donors (Lipinski definition) is 1. The van der Waals surface area contributed by atoms with E-state index in [-0.39, 0.29) is 11.5 Å². The van der Waals surface area contributed by atoms with Crippen LogP contribution < -0.4 is 5.73 Å². The van der Waals surface area contributed by atoms with Crippen LogP contribution in [0.3, 0.4) is 0 Å². The van der Waals surface area contributed by atoms with Crippen LogP contribution in [0.1, 0.15) is 25.5 Å². The fraction of sp³-hybridized carbons (Fsp3) is 0.667. The van der Waals surface area contributed by atoms with Crippen molar-refractivity contribution < 1.29 is 0 Å². The molecule has 0 aromatic carbocycles. The zero-order valence-corrected chi connectivity index (χ0v) is 7.78. The molecule has 12 heavy (non-hydrogen) atoms. The van der Waals surface area contributed by atoms with Crippen LogP contribution in [-0.4, -0.2) is 15.6 Å². The van der Waals surface area contributed by atoms with Gasteiger partial charge in [0.15, 0.2) is 0 Å². The Labute approximate surface area is 72.6 Å². The van der Waals surface area contributed by atoms with Gasteiger partial charge in [0.05, 0.1) is 12.0 Å². The molecule has 1 saturated carbocycles. The second kappa shape index (κ2) is 2.10. The van der Waals surface area contributed by atoms with Crippen LogP contribution in [0.15, 0.2) is 12.5 Å². The maximum absolute atomic E-state index is 5.94. The summed E-state index contributed by atoms with van der Waals surface area (Å²) in [6, 6.07) is 0.285. The maximum Gasteiger partial charge on any atom is 0.0946 e. The number of hydrogen-bond acceptors (Lipinski definition) is 2. The molecule has 0 spiro atoms. The van der Waals surface area contributed by atoms with Crippen LogP contribution in [0.2, 0.25) is 0 Å². The Balaban J connectivity index is 2.24. The molecule has 0 radical (unpaired) electrons. The van der Waals surface area contributed by atoms with E-state index in [0.717, 1.165) is 5.69 Å². The van der Waals surface area contributed by atoms with Crippen molar-refractivity contribution in [3.63, 3.8) is 0 Å². The highest BCUT2D eigenvalue weighted by Gasteiger charge is 2.57. The summed E-state index contributed by atoms with van der Waals surface area (Å²) >= 11 is 0. The highest BCUT2D eigenvalue weighted by molar-refractivity contribution is 5.27. The molecule has 1 aliphatic carbocycles. The summed E-state index contributed by atoms with van der Waals surface area (Å²) in [7, 11) is 1.98. The van der Waals surface area contributed by atoms with Crippen molar-refractivity contribution in [2.75, 3.05) is 0 Å². The zero-order chi connectivity index (χ0) is 8.93. The van der Waals surface area contributed by atoms with Gasteiger partial charge in [-0.15, -0.1) is 0 Å². The highest BCUT2D eigenvalue weighted by Crippen LogP contribution is 2.56. The fourth-order valence-corrected chi connectivity index (χ4v) is 1.84. The Morgan fingerprint density at radius 1 is 1.58 bits per heavy atom. The van der Waals surface area contributed by atoms with Crippen LogP contribution in [0.25, 0.3) is 0 Å². The molecule has 1 aliphatic rings. The first-order valence-corrected chi connectivity index (χ1v) is 4.27. The van der Waals surface area contributed by atoms with Gasteiger partial charge < -0.3 is 10.3 Å². The molecule has 2 rings (SSSR count). The standard InChI is InChI=1S/C9H15N3/c1-9(2)7(8(9)10)6-4-12(3)5-11-6/h4-5,7-8H,10H2,1-3H3. The minimum Gasteiger partial charge on any atom is -0.340 e. The van der Waals surface area contributed by atoms with Crippen LogP contribution in [0, 0.1) is 5.41 Å². The van der Waals surface area contributed by atoms with Crippen LogP contribution in [-0.2, 0) is 7.05 Å². The van der Waals surface area contributed by atoms with Crippen molar-refractivity contribution in [1.82, 2.24) is 9.55 Å². The highest BCUT2D eigenvalue weighted by atomic mass is 15.0. The minimum absolute atomic E-state index is 0.244. The van der Waals surface area contributed by atoms with Crippen molar-refractivity contribution >= 4 is 0 Å². The Morgan fingerprint density at radius 3 is 2.50 bits per heavy atom. The average Bonchev–Trinajstić information content (AvgIpc) is 2.38. The Kier molecular flexibility index (Phi) is 1.37. The second-order valence-corrected chi connectivity index (χ2v) is 4.29. The third-order valence-corrected chi connectivity index (χ3v) is 2.95. The smallest absolute Gasteiger partial charge is 0.0946 e. The molecule has 0 amide bonds. The number of nitrogens with two attached hydrogens (primary N) is 1. The van der Waals surface area contributed by atoms with Gasteiger partial charge in [0.1, 0.15) is 0 Å². The van der Waals surface area contributed by atoms with Gasteiger partial charge in [-0.05, 0) is 5.41 Å². The van der Waals surface area contributed by atoms with E-state index in [1.165, 1.54) is 0 Å². The summed E-state index contributed by atoms with van der Waals surface area (Å²) < 4.78 is 1.97. The van der Waals surface area contributed by atoms with E-state index < -0.39 is 0 Å². The number of rotatable bonds is 1. The van der Waals surface area contributed by atoms with Crippen LogP contribution in [0.5, 0.6) is 0 Å². The third-order valence-electron chi connectivity index (χ3n) is 2.95. The van der Waals surface area contributed by atoms with Crippen LogP contribution in [0.4, 0.5) is 0 Å². The monoisotopic (exact) mass is 165 g/mol. The summed E-state index contributed by atoms with van der Waals surface area (Å²) in [6.45, 7) is 4.38. The minimum atomic E-state index is 0.244. The first-order chi connectivity index (χ1) is 5.53. The van der Waals surface area contributed by atoms with Crippen molar-refractivity contribution in [2.45, 2.75) is 25.8 Å². The molecular weight excluding hydrogens is 150 g/mol. The van der Waals surface area contributed by atoms with Gasteiger partial charge in [0.25, 0.3) is 0 Å². The molecule has 1 heterocycles. The van der Waals surface area contributed by atoms with E-state index in [9.17, 15) is 0 Å². The van der Waals surface area contributed by atoms with E-state index >= 15 is 0 Å². The predicted octanol–water partition coefficient (Wildman–Crippen LogP) is 0.871. The van der Waals surface area contributed by atoms with Crippen molar-refractivity contribution in [3.8, 4) is 0 Å². The van der Waals surface area contributed by atoms with E-state index in [4.69, 9.17) is 5.73 Å². The van der Waals surface area contributed by atoms with Crippen molar-refractivity contribution in [1.29, 1.82) is 0 Å². The van der Waals surface area contributed by atoms with Gasteiger partial charge in [-0.25, -0.2) is 4.98 Å². The number of imidazole rings is 1. The van der Waals surface area contributed by atoms with E-state index in [1.807, 2.05) is 17.9 Å². The molecule has 2 unspecified atom stereocenters. The Bertz CT molecular complexity index is 300. The predicted molar refractivity (Wildman–Crippen MR) is 47.7 cm³/mol. The molecule has 2 N–H and O–H groups in total. The molecule has 0 aliphatic heterocycles. The quantitative estimate of drug-likeness (QED) is 0.671. The fourth-order valence-electron chi connectivity index (χ4n) is 1.84. The van der Waals surface area contributed by atoms with Crippen molar-refractivity contribution in [3.05, 3.63) is 18.2 Å². The molecule has 66 valence electrons. The molecule has 3 heteroatoms. The summed E-state index contributed by atoms with van der Waals surface area (Å²) in [5.41, 5.74) is 7.31. The van der Waals surface area contributed by atoms with Gasteiger partial charge in [-0.3, -0.25) is 0 Å². The lowest BCUT2D eigenvalue weighted by molar-refractivity contribution is 0.596. The van der Waals surface area contributed by atoms with Gasteiger partial charge in [-0.1, -0.05) is 13.8 Å². The molecule has 2 atom stereocenters. The number of aryl methyl sites for hydroxylation is 1. The first-order valence-electron chi connectivity index (χ1n) is 4.27. The van der Waals surface area contributed by atoms with Gasteiger partial charge in [0.2, 0.25) is 0 Å². The SMILES string of the molecule is Cn1cnc(C2C(N)C2(C)C)c1. The summed E-state index contributed by atoms with van der Waals surface area (Å²) in [5, 5.41) is 0. The van der Waals surface area contributed by atoms with Crippen molar-refractivity contribution in [2.24, 2.45) is 18.2 Å². The molecule has 0 saturated heterocycles. The Morgan fingerprint density at radius 2 is 2.17 bits per heavy atom. The lowest BCUT2D eigenvalue weighted by Crippen LogP contribution is -2.06. The van der Waals surface area contributed by atoms with E-state index in [0.29, 0.717) is 5.92 Å². The number of aromatic nitrogens is 2. The van der Waals surface area contributed by atoms with E-state index in [1.54, 1.807) is 0 Å². The average molecular weight is 165 g/mol. The lowest BCUT2D eigenvalue weighted by atomic mass is 10.1.